The Bertz CT molecular complexity index is 1230. The van der Waals surface area contributed by atoms with E-state index in [0.717, 1.165) is 11.1 Å². The number of sulfonamides is 1. The number of hydrogen-bond acceptors (Lipinski definition) is 5. The van der Waals surface area contributed by atoms with Crippen LogP contribution in [-0.4, -0.2) is 8.42 Å². The number of nitriles is 2. The number of nitrogens with zero attached hydrogens (tertiary/aromatic N) is 2. The summed E-state index contributed by atoms with van der Waals surface area (Å²) >= 11 is 0. The quantitative estimate of drug-likeness (QED) is 0.659. The SMILES string of the molecule is Cc1ccc(-c2ccc(C#N)c(C#N)c2)cc1NS(=O)(=O)c1ccc(N)cc1. The van der Waals surface area contributed by atoms with Crippen LogP contribution in [0, 0.1) is 29.6 Å². The lowest BCUT2D eigenvalue weighted by molar-refractivity contribution is 0.601. The molecule has 0 aromatic heterocycles. The fraction of sp³-hybridized carbons (Fsp3) is 0.0476. The van der Waals surface area contributed by atoms with Gasteiger partial charge in [0.15, 0.2) is 0 Å². The van der Waals surface area contributed by atoms with E-state index in [1.54, 1.807) is 37.3 Å². The lowest BCUT2D eigenvalue weighted by atomic mass is 9.99. The molecule has 3 aromatic rings. The average molecular weight is 388 g/mol. The molecule has 0 atom stereocenters. The lowest BCUT2D eigenvalue weighted by Gasteiger charge is -2.13. The molecule has 138 valence electrons. The van der Waals surface area contributed by atoms with Crippen LogP contribution in [0.25, 0.3) is 11.1 Å². The maximum atomic E-state index is 12.7. The predicted molar refractivity (Wildman–Crippen MR) is 108 cm³/mol. The number of nitrogen functional groups attached to an aromatic ring is 1. The Morgan fingerprint density at radius 3 is 2.11 bits per heavy atom. The second-order valence-electron chi connectivity index (χ2n) is 6.19. The zero-order valence-electron chi connectivity index (χ0n) is 15.0. The molecule has 0 saturated heterocycles. The van der Waals surface area contributed by atoms with E-state index < -0.39 is 10.0 Å². The smallest absolute Gasteiger partial charge is 0.261 e. The van der Waals surface area contributed by atoms with Gasteiger partial charge in [0.05, 0.1) is 21.7 Å². The fourth-order valence-electron chi connectivity index (χ4n) is 2.68. The molecule has 0 heterocycles. The molecule has 0 aliphatic heterocycles. The highest BCUT2D eigenvalue weighted by Gasteiger charge is 2.16. The number of benzene rings is 3. The van der Waals surface area contributed by atoms with Gasteiger partial charge in [0.1, 0.15) is 12.1 Å². The first kappa shape index (κ1) is 19.0. The second-order valence-corrected chi connectivity index (χ2v) is 7.87. The van der Waals surface area contributed by atoms with Gasteiger partial charge < -0.3 is 5.73 Å². The second kappa shape index (κ2) is 7.43. The minimum Gasteiger partial charge on any atom is -0.399 e. The molecule has 0 aliphatic carbocycles. The van der Waals surface area contributed by atoms with E-state index >= 15 is 0 Å². The lowest BCUT2D eigenvalue weighted by Crippen LogP contribution is -2.13. The fourth-order valence-corrected chi connectivity index (χ4v) is 3.80. The van der Waals surface area contributed by atoms with Gasteiger partial charge in [-0.1, -0.05) is 18.2 Å². The third-order valence-corrected chi connectivity index (χ3v) is 5.65. The number of rotatable bonds is 4. The van der Waals surface area contributed by atoms with Crippen LogP contribution in [0.4, 0.5) is 11.4 Å². The minimum absolute atomic E-state index is 0.108. The maximum Gasteiger partial charge on any atom is 0.261 e. The number of nitrogens with two attached hydrogens (primary N) is 1. The molecule has 0 amide bonds. The zero-order chi connectivity index (χ0) is 20.3. The van der Waals surface area contributed by atoms with Crippen LogP contribution in [0.2, 0.25) is 0 Å². The van der Waals surface area contributed by atoms with E-state index in [1.807, 2.05) is 18.2 Å². The zero-order valence-corrected chi connectivity index (χ0v) is 15.8. The summed E-state index contributed by atoms with van der Waals surface area (Å²) in [4.78, 5) is 0.108. The predicted octanol–water partition coefficient (Wildman–Crippen LogP) is 3.79. The first-order valence-corrected chi connectivity index (χ1v) is 9.76. The third kappa shape index (κ3) is 3.80. The summed E-state index contributed by atoms with van der Waals surface area (Å²) in [6.45, 7) is 1.80. The van der Waals surface area contributed by atoms with Crippen molar-refractivity contribution in [3.05, 3.63) is 77.4 Å². The van der Waals surface area contributed by atoms with E-state index in [0.29, 0.717) is 22.5 Å². The molecule has 0 saturated carbocycles. The molecule has 3 N–H and O–H groups in total. The average Bonchev–Trinajstić information content (AvgIpc) is 2.69. The molecule has 0 fully saturated rings. The van der Waals surface area contributed by atoms with Crippen molar-refractivity contribution >= 4 is 21.4 Å². The van der Waals surface area contributed by atoms with Gasteiger partial charge >= 0.3 is 0 Å². The highest BCUT2D eigenvalue weighted by atomic mass is 32.2. The van der Waals surface area contributed by atoms with Crippen molar-refractivity contribution in [2.75, 3.05) is 10.5 Å². The molecule has 0 spiro atoms. The normalized spacial score (nSPS) is 10.7. The summed E-state index contributed by atoms with van der Waals surface area (Å²) in [5, 5.41) is 18.3. The van der Waals surface area contributed by atoms with Gasteiger partial charge in [-0.15, -0.1) is 0 Å². The molecular formula is C21H16N4O2S. The van der Waals surface area contributed by atoms with E-state index in [1.165, 1.54) is 24.3 Å². The Morgan fingerprint density at radius 2 is 1.46 bits per heavy atom. The molecule has 3 aromatic carbocycles. The number of hydrogen-bond donors (Lipinski definition) is 2. The summed E-state index contributed by atoms with van der Waals surface area (Å²) in [6, 6.07) is 20.2. The Kier molecular flexibility index (Phi) is 5.04. The van der Waals surface area contributed by atoms with Crippen molar-refractivity contribution in [2.24, 2.45) is 0 Å². The highest BCUT2D eigenvalue weighted by Crippen LogP contribution is 2.28. The highest BCUT2D eigenvalue weighted by molar-refractivity contribution is 7.92. The standard InChI is InChI=1S/C21H16N4O2S/c1-14-2-3-16(15-4-5-17(12-22)18(10-15)13-23)11-21(14)25-28(26,27)20-8-6-19(24)7-9-20/h2-11,25H,24H2,1H3. The first-order valence-electron chi connectivity index (χ1n) is 8.27. The van der Waals surface area contributed by atoms with Gasteiger partial charge in [0.2, 0.25) is 0 Å². The number of nitrogens with one attached hydrogen (secondary N) is 1. The molecule has 28 heavy (non-hydrogen) atoms. The van der Waals surface area contributed by atoms with Gasteiger partial charge in [-0.05, 0) is 66.1 Å². The van der Waals surface area contributed by atoms with Crippen LogP contribution in [0.15, 0.2) is 65.6 Å². The van der Waals surface area contributed by atoms with Crippen LogP contribution >= 0.6 is 0 Å². The Morgan fingerprint density at radius 1 is 0.857 bits per heavy atom. The molecule has 3 rings (SSSR count). The van der Waals surface area contributed by atoms with Crippen LogP contribution in [0.3, 0.4) is 0 Å². The topological polar surface area (TPSA) is 120 Å². The summed E-state index contributed by atoms with van der Waals surface area (Å²) in [5.74, 6) is 0. The Balaban J connectivity index is 2.00. The third-order valence-electron chi connectivity index (χ3n) is 4.27. The van der Waals surface area contributed by atoms with E-state index in [-0.39, 0.29) is 10.5 Å². The molecule has 0 unspecified atom stereocenters. The molecule has 0 bridgehead atoms. The van der Waals surface area contributed by atoms with Crippen molar-refractivity contribution < 1.29 is 8.42 Å². The minimum atomic E-state index is -3.78. The molecule has 0 aliphatic rings. The van der Waals surface area contributed by atoms with Crippen LogP contribution in [0.1, 0.15) is 16.7 Å². The summed E-state index contributed by atoms with van der Waals surface area (Å²) < 4.78 is 27.9. The summed E-state index contributed by atoms with van der Waals surface area (Å²) in [7, 11) is -3.78. The van der Waals surface area contributed by atoms with Crippen LogP contribution in [0.5, 0.6) is 0 Å². The van der Waals surface area contributed by atoms with Crippen LogP contribution in [-0.2, 0) is 10.0 Å². The van der Waals surface area contributed by atoms with Gasteiger partial charge in [0.25, 0.3) is 10.0 Å². The summed E-state index contributed by atoms with van der Waals surface area (Å²) in [6.07, 6.45) is 0. The number of aryl methyl sites for hydroxylation is 1. The molecule has 0 radical (unpaired) electrons. The first-order chi connectivity index (χ1) is 13.3. The van der Waals surface area contributed by atoms with Crippen molar-refractivity contribution in [3.8, 4) is 23.3 Å². The number of anilines is 2. The van der Waals surface area contributed by atoms with Gasteiger partial charge in [0, 0.05) is 5.69 Å². The van der Waals surface area contributed by atoms with Gasteiger partial charge in [-0.25, -0.2) is 8.42 Å². The molecule has 7 heteroatoms. The maximum absolute atomic E-state index is 12.7. The van der Waals surface area contributed by atoms with Crippen LogP contribution < -0.4 is 10.5 Å². The van der Waals surface area contributed by atoms with E-state index in [4.69, 9.17) is 11.0 Å². The molecular weight excluding hydrogens is 372 g/mol. The van der Waals surface area contributed by atoms with Crippen molar-refractivity contribution in [2.45, 2.75) is 11.8 Å². The Hall–Kier alpha value is -3.81. The summed E-state index contributed by atoms with van der Waals surface area (Å²) in [5.41, 5.74) is 9.27. The Labute approximate surface area is 163 Å². The van der Waals surface area contributed by atoms with Crippen molar-refractivity contribution in [1.29, 1.82) is 10.5 Å². The van der Waals surface area contributed by atoms with Gasteiger partial charge in [-0.2, -0.15) is 10.5 Å². The van der Waals surface area contributed by atoms with E-state index in [2.05, 4.69) is 4.72 Å². The largest absolute Gasteiger partial charge is 0.399 e. The monoisotopic (exact) mass is 388 g/mol. The van der Waals surface area contributed by atoms with Gasteiger partial charge in [-0.3, -0.25) is 4.72 Å². The van der Waals surface area contributed by atoms with Crippen molar-refractivity contribution in [3.63, 3.8) is 0 Å². The van der Waals surface area contributed by atoms with Crippen molar-refractivity contribution in [1.82, 2.24) is 0 Å². The molecule has 6 nitrogen and oxygen atoms in total. The van der Waals surface area contributed by atoms with E-state index in [9.17, 15) is 13.7 Å².